The molecule has 0 radical (unpaired) electrons. The number of nitrogens with one attached hydrogen (secondary N) is 1. The van der Waals surface area contributed by atoms with Crippen molar-refractivity contribution in [3.63, 3.8) is 0 Å². The summed E-state index contributed by atoms with van der Waals surface area (Å²) in [5, 5.41) is 0. The first-order chi connectivity index (χ1) is 8.78. The highest BCUT2D eigenvalue weighted by atomic mass is 16.6. The van der Waals surface area contributed by atoms with Crippen LogP contribution in [-0.2, 0) is 6.54 Å². The Morgan fingerprint density at radius 2 is 2.33 bits per heavy atom. The smallest absolute Gasteiger partial charge is 0.147 e. The number of hydrogen-bond donors (Lipinski definition) is 1. The predicted molar refractivity (Wildman–Crippen MR) is 74.4 cm³/mol. The van der Waals surface area contributed by atoms with Gasteiger partial charge in [-0.2, -0.15) is 5.48 Å². The zero-order valence-electron chi connectivity index (χ0n) is 11.5. The largest absolute Gasteiger partial charge is 0.409 e. The van der Waals surface area contributed by atoms with Gasteiger partial charge in [-0.3, -0.25) is 4.90 Å². The van der Waals surface area contributed by atoms with Crippen molar-refractivity contribution in [2.24, 2.45) is 5.92 Å². The minimum absolute atomic E-state index is 0.843. The van der Waals surface area contributed by atoms with Crippen LogP contribution in [0.2, 0.25) is 0 Å². The van der Waals surface area contributed by atoms with Crippen molar-refractivity contribution in [3.8, 4) is 5.75 Å². The third-order valence-electron chi connectivity index (χ3n) is 3.35. The van der Waals surface area contributed by atoms with E-state index < -0.39 is 0 Å². The van der Waals surface area contributed by atoms with Crippen LogP contribution >= 0.6 is 0 Å². The molecule has 2 rings (SSSR count). The van der Waals surface area contributed by atoms with Crippen molar-refractivity contribution < 1.29 is 4.84 Å². The van der Waals surface area contributed by atoms with Gasteiger partial charge in [-0.25, -0.2) is 0 Å². The zero-order chi connectivity index (χ0) is 12.8. The first-order valence-corrected chi connectivity index (χ1v) is 6.99. The number of rotatable bonds is 6. The number of hydroxylamine groups is 1. The molecule has 1 fully saturated rings. The molecule has 100 valence electrons. The van der Waals surface area contributed by atoms with E-state index in [1.54, 1.807) is 0 Å². The van der Waals surface area contributed by atoms with Gasteiger partial charge in [-0.1, -0.05) is 26.0 Å². The fourth-order valence-electron chi connectivity index (χ4n) is 2.37. The Hall–Kier alpha value is -1.06. The molecule has 0 aliphatic carbocycles. The maximum atomic E-state index is 5.50. The van der Waals surface area contributed by atoms with Crippen LogP contribution in [0.1, 0.15) is 32.3 Å². The molecule has 0 aromatic heterocycles. The minimum atomic E-state index is 0.843. The third kappa shape index (κ3) is 4.00. The van der Waals surface area contributed by atoms with Gasteiger partial charge in [0.15, 0.2) is 0 Å². The second-order valence-electron chi connectivity index (χ2n) is 5.27. The molecule has 1 aromatic rings. The Labute approximate surface area is 110 Å². The molecule has 3 nitrogen and oxygen atoms in total. The van der Waals surface area contributed by atoms with Gasteiger partial charge in [0.25, 0.3) is 0 Å². The van der Waals surface area contributed by atoms with Gasteiger partial charge in [0.05, 0.1) is 0 Å². The first-order valence-electron chi connectivity index (χ1n) is 6.99. The number of benzene rings is 1. The van der Waals surface area contributed by atoms with E-state index in [1.807, 2.05) is 6.07 Å². The Bertz CT molecular complexity index is 367. The lowest BCUT2D eigenvalue weighted by molar-refractivity contribution is 0.196. The van der Waals surface area contributed by atoms with Crippen LogP contribution in [-0.4, -0.2) is 24.5 Å². The summed E-state index contributed by atoms with van der Waals surface area (Å²) in [7, 11) is 0. The van der Waals surface area contributed by atoms with E-state index in [0.717, 1.165) is 31.2 Å². The standard InChI is InChI=1S/C15H24N2O/c1-3-8-16-18-15-6-4-5-14(10-15)12-17-9-7-13(2)11-17/h4-6,10,13,16H,3,7-9,11-12H2,1-2H3. The maximum Gasteiger partial charge on any atom is 0.147 e. The van der Waals surface area contributed by atoms with Gasteiger partial charge in [-0.05, 0) is 43.0 Å². The van der Waals surface area contributed by atoms with Gasteiger partial charge in [0, 0.05) is 19.6 Å². The van der Waals surface area contributed by atoms with Crippen LogP contribution < -0.4 is 10.3 Å². The van der Waals surface area contributed by atoms with Crippen molar-refractivity contribution in [2.45, 2.75) is 33.2 Å². The Kier molecular flexibility index (Phi) is 5.02. The highest BCUT2D eigenvalue weighted by molar-refractivity contribution is 5.28. The number of likely N-dealkylation sites (tertiary alicyclic amines) is 1. The van der Waals surface area contributed by atoms with Gasteiger partial charge in [0.2, 0.25) is 0 Å². The van der Waals surface area contributed by atoms with Crippen LogP contribution in [0.3, 0.4) is 0 Å². The molecule has 0 saturated carbocycles. The van der Waals surface area contributed by atoms with Gasteiger partial charge in [-0.15, -0.1) is 0 Å². The van der Waals surface area contributed by atoms with Crippen LogP contribution in [0.4, 0.5) is 0 Å². The molecule has 1 aromatic carbocycles. The van der Waals surface area contributed by atoms with Crippen molar-refractivity contribution in [2.75, 3.05) is 19.6 Å². The van der Waals surface area contributed by atoms with Crippen molar-refractivity contribution in [1.29, 1.82) is 0 Å². The average Bonchev–Trinajstić information content (AvgIpc) is 2.76. The Morgan fingerprint density at radius 1 is 1.44 bits per heavy atom. The van der Waals surface area contributed by atoms with Crippen molar-refractivity contribution >= 4 is 0 Å². The van der Waals surface area contributed by atoms with Crippen LogP contribution in [0.25, 0.3) is 0 Å². The fraction of sp³-hybridized carbons (Fsp3) is 0.600. The molecular weight excluding hydrogens is 224 g/mol. The SMILES string of the molecule is CCCNOc1cccc(CN2CCC(C)C2)c1. The Balaban J connectivity index is 1.86. The Morgan fingerprint density at radius 3 is 3.06 bits per heavy atom. The first kappa shape index (κ1) is 13.4. The predicted octanol–water partition coefficient (Wildman–Crippen LogP) is 2.82. The molecular formula is C15H24N2O. The molecule has 1 unspecified atom stereocenters. The highest BCUT2D eigenvalue weighted by Crippen LogP contribution is 2.19. The molecule has 0 amide bonds. The van der Waals surface area contributed by atoms with Crippen molar-refractivity contribution in [3.05, 3.63) is 29.8 Å². The third-order valence-corrected chi connectivity index (χ3v) is 3.35. The monoisotopic (exact) mass is 248 g/mol. The summed E-state index contributed by atoms with van der Waals surface area (Å²) < 4.78 is 0. The van der Waals surface area contributed by atoms with Crippen LogP contribution in [0, 0.1) is 5.92 Å². The second-order valence-corrected chi connectivity index (χ2v) is 5.27. The maximum absolute atomic E-state index is 5.50. The van der Waals surface area contributed by atoms with E-state index in [0.29, 0.717) is 0 Å². The molecule has 1 aliphatic rings. The summed E-state index contributed by atoms with van der Waals surface area (Å²) in [6, 6.07) is 8.37. The van der Waals surface area contributed by atoms with E-state index in [1.165, 1.54) is 25.1 Å². The summed E-state index contributed by atoms with van der Waals surface area (Å²) in [6.07, 6.45) is 2.40. The lowest BCUT2D eigenvalue weighted by Gasteiger charge is -2.16. The van der Waals surface area contributed by atoms with E-state index in [-0.39, 0.29) is 0 Å². The molecule has 3 heteroatoms. The van der Waals surface area contributed by atoms with Crippen LogP contribution in [0.5, 0.6) is 5.75 Å². The minimum Gasteiger partial charge on any atom is -0.409 e. The average molecular weight is 248 g/mol. The normalized spacial score (nSPS) is 20.2. The highest BCUT2D eigenvalue weighted by Gasteiger charge is 2.18. The molecule has 1 N–H and O–H groups in total. The fourth-order valence-corrected chi connectivity index (χ4v) is 2.37. The van der Waals surface area contributed by atoms with E-state index in [2.05, 4.69) is 42.4 Å². The lowest BCUT2D eigenvalue weighted by atomic mass is 10.2. The number of hydrogen-bond acceptors (Lipinski definition) is 3. The van der Waals surface area contributed by atoms with Gasteiger partial charge in [0.1, 0.15) is 5.75 Å². The number of nitrogens with zero attached hydrogens (tertiary/aromatic N) is 1. The van der Waals surface area contributed by atoms with E-state index in [4.69, 9.17) is 4.84 Å². The second kappa shape index (κ2) is 6.76. The molecule has 0 bridgehead atoms. The summed E-state index contributed by atoms with van der Waals surface area (Å²) in [4.78, 5) is 8.02. The molecule has 18 heavy (non-hydrogen) atoms. The molecule has 1 aliphatic heterocycles. The van der Waals surface area contributed by atoms with Gasteiger partial charge < -0.3 is 4.84 Å². The van der Waals surface area contributed by atoms with Gasteiger partial charge >= 0.3 is 0 Å². The molecule has 0 spiro atoms. The summed E-state index contributed by atoms with van der Waals surface area (Å²) in [5.74, 6) is 1.75. The molecule has 1 saturated heterocycles. The quantitative estimate of drug-likeness (QED) is 0.619. The molecule has 1 heterocycles. The van der Waals surface area contributed by atoms with Crippen molar-refractivity contribution in [1.82, 2.24) is 10.4 Å². The van der Waals surface area contributed by atoms with Crippen LogP contribution in [0.15, 0.2) is 24.3 Å². The molecule has 1 atom stereocenters. The summed E-state index contributed by atoms with van der Waals surface area (Å²) in [6.45, 7) is 8.82. The summed E-state index contributed by atoms with van der Waals surface area (Å²) >= 11 is 0. The van der Waals surface area contributed by atoms with E-state index >= 15 is 0 Å². The lowest BCUT2D eigenvalue weighted by Crippen LogP contribution is -2.20. The zero-order valence-corrected chi connectivity index (χ0v) is 11.5. The summed E-state index contributed by atoms with van der Waals surface area (Å²) in [5.41, 5.74) is 4.30. The topological polar surface area (TPSA) is 24.5 Å². The van der Waals surface area contributed by atoms with E-state index in [9.17, 15) is 0 Å².